The molecule has 3 heteroatoms. The van der Waals surface area contributed by atoms with Crippen LogP contribution in [0.2, 0.25) is 0 Å². The van der Waals surface area contributed by atoms with Gasteiger partial charge in [-0.15, -0.1) is 0 Å². The molecule has 160 valence electrons. The number of rotatable bonds is 5. The summed E-state index contributed by atoms with van der Waals surface area (Å²) in [5.74, 6) is 0. The number of nitrogens with zero attached hydrogens (tertiary/aromatic N) is 2. The molecule has 0 atom stereocenters. The quantitative estimate of drug-likeness (QED) is 0.392. The van der Waals surface area contributed by atoms with E-state index in [1.54, 1.807) is 0 Å². The van der Waals surface area contributed by atoms with Crippen molar-refractivity contribution in [2.24, 2.45) is 5.41 Å². The third kappa shape index (κ3) is 4.99. The third-order valence-electron chi connectivity index (χ3n) is 5.90. The monoisotopic (exact) mass is 429 g/mol. The number of hydrogen-bond acceptors (Lipinski definition) is 2. The zero-order valence-electron chi connectivity index (χ0n) is 19.4. The van der Waals surface area contributed by atoms with Gasteiger partial charge in [-0.3, -0.25) is 0 Å². The molecule has 2 aromatic carbocycles. The summed E-state index contributed by atoms with van der Waals surface area (Å²) in [4.78, 5) is 2.13. The van der Waals surface area contributed by atoms with Crippen molar-refractivity contribution in [3.05, 3.63) is 82.4 Å². The summed E-state index contributed by atoms with van der Waals surface area (Å²) in [7, 11) is 4.15. The van der Waals surface area contributed by atoms with Crippen molar-refractivity contribution >= 4 is 39.4 Å². The first-order valence-corrected chi connectivity index (χ1v) is 11.9. The van der Waals surface area contributed by atoms with Crippen LogP contribution in [0.1, 0.15) is 44.2 Å². The van der Waals surface area contributed by atoms with E-state index in [1.807, 2.05) is 11.3 Å². The average molecular weight is 430 g/mol. The van der Waals surface area contributed by atoms with E-state index in [-0.39, 0.29) is 5.41 Å². The molecule has 0 saturated carbocycles. The summed E-state index contributed by atoms with van der Waals surface area (Å²) < 4.78 is 3.79. The Morgan fingerprint density at radius 1 is 1.00 bits per heavy atom. The Labute approximate surface area is 190 Å². The lowest BCUT2D eigenvalue weighted by atomic mass is 9.75. The topological polar surface area (TPSA) is 7.12 Å². The molecular formula is C28H33N2S+. The Morgan fingerprint density at radius 3 is 2.45 bits per heavy atom. The molecule has 0 saturated heterocycles. The maximum Gasteiger partial charge on any atom is 0.263 e. The van der Waals surface area contributed by atoms with E-state index in [0.717, 1.165) is 19.4 Å². The van der Waals surface area contributed by atoms with E-state index in [1.165, 1.54) is 37.6 Å². The summed E-state index contributed by atoms with van der Waals surface area (Å²) in [5, 5.41) is 1.34. The maximum absolute atomic E-state index is 2.43. The number of para-hydroxylation sites is 1. The van der Waals surface area contributed by atoms with Crippen molar-refractivity contribution < 1.29 is 4.57 Å². The van der Waals surface area contributed by atoms with E-state index in [9.17, 15) is 0 Å². The van der Waals surface area contributed by atoms with Crippen LogP contribution >= 0.6 is 11.3 Å². The zero-order valence-corrected chi connectivity index (χ0v) is 20.2. The van der Waals surface area contributed by atoms with Gasteiger partial charge in [0.2, 0.25) is 5.52 Å². The van der Waals surface area contributed by atoms with Crippen molar-refractivity contribution in [2.45, 2.75) is 40.2 Å². The smallest absolute Gasteiger partial charge is 0.263 e. The highest BCUT2D eigenvalue weighted by atomic mass is 32.1. The number of allylic oxidation sites excluding steroid dienone is 4. The van der Waals surface area contributed by atoms with Crippen molar-refractivity contribution in [2.75, 3.05) is 19.0 Å². The molecule has 0 spiro atoms. The lowest BCUT2D eigenvalue weighted by Gasteiger charge is -2.30. The van der Waals surface area contributed by atoms with Crippen molar-refractivity contribution in [3.8, 4) is 0 Å². The Kier molecular flexibility index (Phi) is 6.15. The Morgan fingerprint density at radius 2 is 1.74 bits per heavy atom. The molecule has 0 fully saturated rings. The Balaban J connectivity index is 1.65. The fourth-order valence-corrected chi connectivity index (χ4v) is 5.64. The highest BCUT2D eigenvalue weighted by molar-refractivity contribution is 7.18. The summed E-state index contributed by atoms with van der Waals surface area (Å²) in [6.07, 6.45) is 11.6. The molecule has 0 amide bonds. The van der Waals surface area contributed by atoms with Crippen LogP contribution in [0.25, 0.3) is 22.4 Å². The molecule has 1 aromatic heterocycles. The highest BCUT2D eigenvalue weighted by Gasteiger charge is 2.26. The van der Waals surface area contributed by atoms with E-state index in [0.29, 0.717) is 0 Å². The molecule has 0 unspecified atom stereocenters. The number of aromatic nitrogens is 1. The van der Waals surface area contributed by atoms with E-state index in [2.05, 4.69) is 117 Å². The lowest BCUT2D eigenvalue weighted by molar-refractivity contribution is -0.665. The SMILES string of the molecule is CC[n+]1c(C=C2C=C(C=Cc3ccc(N(C)C)cc3)CC(C)(C)C2)sc2ccccc21. The number of benzene rings is 2. The predicted molar refractivity (Wildman–Crippen MR) is 137 cm³/mol. The molecule has 0 radical (unpaired) electrons. The first-order chi connectivity index (χ1) is 14.8. The first kappa shape index (κ1) is 21.6. The highest BCUT2D eigenvalue weighted by Crippen LogP contribution is 2.39. The molecule has 1 aliphatic carbocycles. The van der Waals surface area contributed by atoms with Gasteiger partial charge >= 0.3 is 0 Å². The van der Waals surface area contributed by atoms with Crippen LogP contribution in [0.3, 0.4) is 0 Å². The minimum Gasteiger partial charge on any atom is -0.378 e. The second-order valence-electron chi connectivity index (χ2n) is 9.43. The predicted octanol–water partition coefficient (Wildman–Crippen LogP) is 7.12. The van der Waals surface area contributed by atoms with Crippen LogP contribution in [0.5, 0.6) is 0 Å². The van der Waals surface area contributed by atoms with Crippen molar-refractivity contribution in [1.82, 2.24) is 0 Å². The molecule has 4 rings (SSSR count). The molecule has 0 aliphatic heterocycles. The Hall–Kier alpha value is -2.65. The van der Waals surface area contributed by atoms with E-state index in [4.69, 9.17) is 0 Å². The number of anilines is 1. The summed E-state index contributed by atoms with van der Waals surface area (Å²) in [6, 6.07) is 17.5. The van der Waals surface area contributed by atoms with Gasteiger partial charge in [0.15, 0.2) is 0 Å². The molecule has 1 heterocycles. The van der Waals surface area contributed by atoms with Crippen LogP contribution < -0.4 is 9.47 Å². The molecule has 1 aliphatic rings. The summed E-state index contributed by atoms with van der Waals surface area (Å²) >= 11 is 1.89. The van der Waals surface area contributed by atoms with Crippen LogP contribution in [0.15, 0.2) is 71.8 Å². The molecule has 0 N–H and O–H groups in total. The van der Waals surface area contributed by atoms with E-state index >= 15 is 0 Å². The van der Waals surface area contributed by atoms with E-state index < -0.39 is 0 Å². The second-order valence-corrected chi connectivity index (χ2v) is 10.5. The van der Waals surface area contributed by atoms with Crippen LogP contribution in [0, 0.1) is 5.41 Å². The summed E-state index contributed by atoms with van der Waals surface area (Å²) in [6.45, 7) is 7.99. The van der Waals surface area contributed by atoms with Crippen LogP contribution in [-0.2, 0) is 6.54 Å². The number of thiazole rings is 1. The van der Waals surface area contributed by atoms with Gasteiger partial charge in [0.1, 0.15) is 11.2 Å². The molecule has 2 nitrogen and oxygen atoms in total. The number of hydrogen-bond donors (Lipinski definition) is 0. The van der Waals surface area contributed by atoms with Gasteiger partial charge in [0, 0.05) is 31.9 Å². The average Bonchev–Trinajstić information content (AvgIpc) is 3.08. The van der Waals surface area contributed by atoms with Crippen molar-refractivity contribution in [1.29, 1.82) is 0 Å². The van der Waals surface area contributed by atoms with Gasteiger partial charge in [0.25, 0.3) is 5.01 Å². The number of aryl methyl sites for hydroxylation is 1. The minimum atomic E-state index is 0.267. The van der Waals surface area contributed by atoms with Gasteiger partial charge < -0.3 is 4.90 Å². The minimum absolute atomic E-state index is 0.267. The Bertz CT molecular complexity index is 1160. The molecular weight excluding hydrogens is 396 g/mol. The van der Waals surface area contributed by atoms with Crippen LogP contribution in [-0.4, -0.2) is 14.1 Å². The number of fused-ring (bicyclic) bond motifs is 1. The normalized spacial score (nSPS) is 17.5. The standard InChI is InChI=1S/C28H33N2S/c1-6-30-25-9-7-8-10-26(25)31-27(30)18-23-17-22(19-28(2,3)20-23)12-11-21-13-15-24(16-14-21)29(4)5/h7-18H,6,19-20H2,1-5H3/q+1. The van der Waals surface area contributed by atoms with Gasteiger partial charge in [-0.1, -0.05) is 67.7 Å². The van der Waals surface area contributed by atoms with Gasteiger partial charge in [-0.25, -0.2) is 0 Å². The fraction of sp³-hybridized carbons (Fsp3) is 0.321. The van der Waals surface area contributed by atoms with Gasteiger partial charge in [-0.2, -0.15) is 4.57 Å². The fourth-order valence-electron chi connectivity index (χ4n) is 4.44. The van der Waals surface area contributed by atoms with Gasteiger partial charge in [-0.05, 0) is 60.1 Å². The van der Waals surface area contributed by atoms with Crippen molar-refractivity contribution in [3.63, 3.8) is 0 Å². The third-order valence-corrected chi connectivity index (χ3v) is 7.01. The lowest BCUT2D eigenvalue weighted by Crippen LogP contribution is -2.33. The maximum atomic E-state index is 2.43. The molecule has 31 heavy (non-hydrogen) atoms. The molecule has 3 aromatic rings. The molecule has 0 bridgehead atoms. The van der Waals surface area contributed by atoms with Crippen LogP contribution in [0.4, 0.5) is 5.69 Å². The summed E-state index contributed by atoms with van der Waals surface area (Å²) in [5.41, 5.74) is 6.91. The largest absolute Gasteiger partial charge is 0.378 e. The van der Waals surface area contributed by atoms with Gasteiger partial charge in [0.05, 0.1) is 0 Å². The first-order valence-electron chi connectivity index (χ1n) is 11.1. The zero-order chi connectivity index (χ0) is 22.0. The second kappa shape index (κ2) is 8.84.